The van der Waals surface area contributed by atoms with Crippen molar-refractivity contribution in [2.24, 2.45) is 0 Å². The number of para-hydroxylation sites is 2. The monoisotopic (exact) mass is 304 g/mol. The summed E-state index contributed by atoms with van der Waals surface area (Å²) in [5, 5.41) is 6.00. The molecule has 0 atom stereocenters. The number of halogens is 1. The van der Waals surface area contributed by atoms with Gasteiger partial charge in [0.05, 0.1) is 17.3 Å². The lowest BCUT2D eigenvalue weighted by Gasteiger charge is -2.12. The molecule has 0 saturated carbocycles. The van der Waals surface area contributed by atoms with Crippen molar-refractivity contribution in [3.8, 4) is 5.75 Å². The number of anilines is 1. The fourth-order valence-corrected chi connectivity index (χ4v) is 2.03. The summed E-state index contributed by atoms with van der Waals surface area (Å²) in [7, 11) is 0. The molecule has 0 unspecified atom stereocenters. The van der Waals surface area contributed by atoms with Crippen molar-refractivity contribution in [1.29, 1.82) is 0 Å². The van der Waals surface area contributed by atoms with Crippen molar-refractivity contribution in [2.75, 3.05) is 11.9 Å². The number of urea groups is 1. The molecule has 2 N–H and O–H groups in total. The number of carbonyl (C=O) groups is 1. The zero-order valence-electron chi connectivity index (χ0n) is 11.7. The van der Waals surface area contributed by atoms with E-state index in [1.807, 2.05) is 43.3 Å². The van der Waals surface area contributed by atoms with Gasteiger partial charge >= 0.3 is 6.03 Å². The van der Waals surface area contributed by atoms with E-state index in [1.165, 1.54) is 0 Å². The summed E-state index contributed by atoms with van der Waals surface area (Å²) in [5.74, 6) is 0.776. The molecule has 0 aliphatic heterocycles. The Morgan fingerprint density at radius 2 is 1.86 bits per heavy atom. The highest BCUT2D eigenvalue weighted by Crippen LogP contribution is 2.20. The molecule has 2 amide bonds. The number of rotatable bonds is 5. The highest BCUT2D eigenvalue weighted by Gasteiger charge is 2.07. The Labute approximate surface area is 129 Å². The average molecular weight is 305 g/mol. The Kier molecular flexibility index (Phi) is 5.46. The molecule has 2 aromatic carbocycles. The molecule has 0 saturated heterocycles. The zero-order valence-corrected chi connectivity index (χ0v) is 12.5. The molecule has 0 aromatic heterocycles. The van der Waals surface area contributed by atoms with Crippen molar-refractivity contribution >= 4 is 23.3 Å². The number of ether oxygens (including phenoxy) is 1. The number of nitrogens with one attached hydrogen (secondary N) is 2. The van der Waals surface area contributed by atoms with Crippen LogP contribution in [0.5, 0.6) is 5.75 Å². The minimum Gasteiger partial charge on any atom is -0.494 e. The van der Waals surface area contributed by atoms with Gasteiger partial charge in [0.25, 0.3) is 0 Å². The van der Waals surface area contributed by atoms with E-state index in [-0.39, 0.29) is 6.03 Å². The van der Waals surface area contributed by atoms with E-state index >= 15 is 0 Å². The first-order valence-corrected chi connectivity index (χ1v) is 7.08. The molecule has 2 aromatic rings. The highest BCUT2D eigenvalue weighted by atomic mass is 35.5. The molecular formula is C16H17ClN2O2. The molecule has 0 aliphatic carbocycles. The van der Waals surface area contributed by atoms with E-state index in [1.54, 1.807) is 12.1 Å². The van der Waals surface area contributed by atoms with E-state index in [2.05, 4.69) is 10.6 Å². The van der Waals surface area contributed by atoms with Crippen LogP contribution in [-0.4, -0.2) is 12.6 Å². The predicted molar refractivity (Wildman–Crippen MR) is 84.9 cm³/mol. The Morgan fingerprint density at radius 1 is 1.14 bits per heavy atom. The largest absolute Gasteiger partial charge is 0.494 e. The first kappa shape index (κ1) is 15.2. The maximum absolute atomic E-state index is 11.9. The van der Waals surface area contributed by atoms with E-state index in [4.69, 9.17) is 16.3 Å². The third kappa shape index (κ3) is 4.39. The van der Waals surface area contributed by atoms with Gasteiger partial charge in [-0.2, -0.15) is 0 Å². The average Bonchev–Trinajstić information content (AvgIpc) is 2.49. The molecule has 0 aliphatic rings. The lowest BCUT2D eigenvalue weighted by molar-refractivity contribution is 0.251. The molecule has 0 radical (unpaired) electrons. The van der Waals surface area contributed by atoms with Gasteiger partial charge in [-0.3, -0.25) is 0 Å². The second-order valence-electron chi connectivity index (χ2n) is 4.33. The van der Waals surface area contributed by atoms with Gasteiger partial charge < -0.3 is 15.4 Å². The molecule has 0 heterocycles. The number of benzene rings is 2. The summed E-state index contributed by atoms with van der Waals surface area (Å²) in [4.78, 5) is 11.9. The summed E-state index contributed by atoms with van der Waals surface area (Å²) in [6.07, 6.45) is 0. The van der Waals surface area contributed by atoms with Crippen LogP contribution in [0.3, 0.4) is 0 Å². The second-order valence-corrected chi connectivity index (χ2v) is 4.74. The third-order valence-corrected chi connectivity index (χ3v) is 3.16. The summed E-state index contributed by atoms with van der Waals surface area (Å²) in [6, 6.07) is 14.4. The van der Waals surface area contributed by atoms with Crippen molar-refractivity contribution in [3.63, 3.8) is 0 Å². The van der Waals surface area contributed by atoms with Crippen molar-refractivity contribution in [1.82, 2.24) is 5.32 Å². The standard InChI is InChI=1S/C16H17ClN2O2/c1-2-21-15-10-6-3-7-12(15)11-18-16(20)19-14-9-5-4-8-13(14)17/h3-10H,2,11H2,1H3,(H2,18,19,20). The third-order valence-electron chi connectivity index (χ3n) is 2.83. The van der Waals surface area contributed by atoms with Crippen LogP contribution in [0.1, 0.15) is 12.5 Å². The molecule has 110 valence electrons. The SMILES string of the molecule is CCOc1ccccc1CNC(=O)Nc1ccccc1Cl. The topological polar surface area (TPSA) is 50.4 Å². The molecule has 5 heteroatoms. The van der Waals surface area contributed by atoms with Gasteiger partial charge in [0.1, 0.15) is 5.75 Å². The van der Waals surface area contributed by atoms with Gasteiger partial charge in [-0.15, -0.1) is 0 Å². The van der Waals surface area contributed by atoms with Crippen LogP contribution in [0.4, 0.5) is 10.5 Å². The lowest BCUT2D eigenvalue weighted by atomic mass is 10.2. The van der Waals surface area contributed by atoms with Crippen LogP contribution in [-0.2, 0) is 6.54 Å². The van der Waals surface area contributed by atoms with Gasteiger partial charge in [0.2, 0.25) is 0 Å². The van der Waals surface area contributed by atoms with Crippen LogP contribution < -0.4 is 15.4 Å². The smallest absolute Gasteiger partial charge is 0.319 e. The van der Waals surface area contributed by atoms with Gasteiger partial charge in [-0.05, 0) is 25.1 Å². The summed E-state index contributed by atoms with van der Waals surface area (Å²) in [5.41, 5.74) is 1.50. The fraction of sp³-hybridized carbons (Fsp3) is 0.188. The maximum atomic E-state index is 11.9. The van der Waals surface area contributed by atoms with E-state index in [9.17, 15) is 4.79 Å². The van der Waals surface area contributed by atoms with Gasteiger partial charge in [-0.1, -0.05) is 41.9 Å². The van der Waals surface area contributed by atoms with Crippen LogP contribution in [0, 0.1) is 0 Å². The Balaban J connectivity index is 1.94. The quantitative estimate of drug-likeness (QED) is 0.875. The normalized spacial score (nSPS) is 10.0. The van der Waals surface area contributed by atoms with E-state index in [0.29, 0.717) is 23.9 Å². The van der Waals surface area contributed by atoms with Crippen molar-refractivity contribution in [3.05, 3.63) is 59.1 Å². The minimum absolute atomic E-state index is 0.311. The zero-order chi connectivity index (χ0) is 15.1. The summed E-state index contributed by atoms with van der Waals surface area (Å²) < 4.78 is 5.51. The molecule has 0 spiro atoms. The second kappa shape index (κ2) is 7.55. The first-order valence-electron chi connectivity index (χ1n) is 6.70. The van der Waals surface area contributed by atoms with Gasteiger partial charge in [-0.25, -0.2) is 4.79 Å². The predicted octanol–water partition coefficient (Wildman–Crippen LogP) is 4.06. The number of hydrogen-bond acceptors (Lipinski definition) is 2. The summed E-state index contributed by atoms with van der Waals surface area (Å²) in [6.45, 7) is 2.89. The number of amides is 2. The van der Waals surface area contributed by atoms with Crippen LogP contribution >= 0.6 is 11.6 Å². The minimum atomic E-state index is -0.311. The fourth-order valence-electron chi connectivity index (χ4n) is 1.85. The molecule has 4 nitrogen and oxygen atoms in total. The lowest BCUT2D eigenvalue weighted by Crippen LogP contribution is -2.28. The molecule has 0 fully saturated rings. The first-order chi connectivity index (χ1) is 10.2. The Morgan fingerprint density at radius 3 is 2.62 bits per heavy atom. The van der Waals surface area contributed by atoms with Crippen LogP contribution in [0.15, 0.2) is 48.5 Å². The molecule has 2 rings (SSSR count). The number of carbonyl (C=O) groups excluding carboxylic acids is 1. The van der Waals surface area contributed by atoms with Crippen LogP contribution in [0.2, 0.25) is 5.02 Å². The molecular weight excluding hydrogens is 288 g/mol. The van der Waals surface area contributed by atoms with Gasteiger partial charge in [0.15, 0.2) is 0 Å². The van der Waals surface area contributed by atoms with E-state index < -0.39 is 0 Å². The maximum Gasteiger partial charge on any atom is 0.319 e. The Bertz CT molecular complexity index is 617. The highest BCUT2D eigenvalue weighted by molar-refractivity contribution is 6.33. The van der Waals surface area contributed by atoms with Gasteiger partial charge in [0, 0.05) is 12.1 Å². The molecule has 21 heavy (non-hydrogen) atoms. The van der Waals surface area contributed by atoms with Crippen molar-refractivity contribution in [2.45, 2.75) is 13.5 Å². The van der Waals surface area contributed by atoms with Crippen molar-refractivity contribution < 1.29 is 9.53 Å². The number of hydrogen-bond donors (Lipinski definition) is 2. The summed E-state index contributed by atoms with van der Waals surface area (Å²) >= 11 is 5.99. The van der Waals surface area contributed by atoms with Crippen LogP contribution in [0.25, 0.3) is 0 Å². The Hall–Kier alpha value is -2.20. The molecule has 0 bridgehead atoms. The van der Waals surface area contributed by atoms with E-state index in [0.717, 1.165) is 11.3 Å².